The summed E-state index contributed by atoms with van der Waals surface area (Å²) in [7, 11) is 0. The van der Waals surface area contributed by atoms with Gasteiger partial charge < -0.3 is 16.0 Å². The molecular weight excluding hydrogens is 302 g/mol. The minimum Gasteiger partial charge on any atom is -0.354 e. The number of carbonyl (C=O) groups excluding carboxylic acids is 2. The standard InChI is InChI=1S/C19H29N3O2/c1-3-14(2)17(22-18(23)16-9-5-4-6-10-16)19(24)21-13-15-8-7-11-20-12-15/h4-6,9-10,14-15,17,20H,3,7-8,11-13H2,1-2H3,(H,21,24)(H,22,23). The predicted octanol–water partition coefficient (Wildman–Crippen LogP) is 1.95. The molecular formula is C19H29N3O2. The van der Waals surface area contributed by atoms with E-state index in [4.69, 9.17) is 0 Å². The van der Waals surface area contributed by atoms with E-state index in [0.717, 1.165) is 32.4 Å². The molecule has 132 valence electrons. The van der Waals surface area contributed by atoms with Crippen LogP contribution in [-0.4, -0.2) is 37.5 Å². The van der Waals surface area contributed by atoms with Gasteiger partial charge in [0.25, 0.3) is 5.91 Å². The molecule has 1 aliphatic rings. The Kier molecular flexibility index (Phi) is 7.25. The molecule has 1 aromatic rings. The van der Waals surface area contributed by atoms with Gasteiger partial charge in [-0.15, -0.1) is 0 Å². The van der Waals surface area contributed by atoms with E-state index < -0.39 is 6.04 Å². The van der Waals surface area contributed by atoms with Crippen molar-refractivity contribution in [2.45, 2.75) is 39.2 Å². The van der Waals surface area contributed by atoms with Crippen molar-refractivity contribution in [3.05, 3.63) is 35.9 Å². The van der Waals surface area contributed by atoms with Gasteiger partial charge in [-0.2, -0.15) is 0 Å². The lowest BCUT2D eigenvalue weighted by Gasteiger charge is -2.26. The lowest BCUT2D eigenvalue weighted by atomic mass is 9.96. The first-order valence-electron chi connectivity index (χ1n) is 8.96. The number of benzene rings is 1. The molecule has 2 amide bonds. The predicted molar refractivity (Wildman–Crippen MR) is 95.8 cm³/mol. The molecule has 3 unspecified atom stereocenters. The van der Waals surface area contributed by atoms with Crippen LogP contribution in [0.1, 0.15) is 43.5 Å². The zero-order chi connectivity index (χ0) is 17.4. The number of carbonyl (C=O) groups is 2. The number of hydrogen-bond acceptors (Lipinski definition) is 3. The number of amides is 2. The topological polar surface area (TPSA) is 70.2 Å². The van der Waals surface area contributed by atoms with Gasteiger partial charge in [0.05, 0.1) is 0 Å². The van der Waals surface area contributed by atoms with E-state index in [1.807, 2.05) is 32.0 Å². The van der Waals surface area contributed by atoms with Crippen molar-refractivity contribution in [2.75, 3.05) is 19.6 Å². The molecule has 0 aliphatic carbocycles. The fourth-order valence-corrected chi connectivity index (χ4v) is 2.97. The van der Waals surface area contributed by atoms with Crippen molar-refractivity contribution >= 4 is 11.8 Å². The molecule has 1 aromatic carbocycles. The van der Waals surface area contributed by atoms with Gasteiger partial charge in [0.1, 0.15) is 6.04 Å². The molecule has 2 rings (SSSR count). The zero-order valence-electron chi connectivity index (χ0n) is 14.7. The molecule has 0 bridgehead atoms. The fourth-order valence-electron chi connectivity index (χ4n) is 2.97. The molecule has 1 fully saturated rings. The molecule has 24 heavy (non-hydrogen) atoms. The Morgan fingerprint density at radius 2 is 2.04 bits per heavy atom. The minimum absolute atomic E-state index is 0.0841. The van der Waals surface area contributed by atoms with Gasteiger partial charge >= 0.3 is 0 Å². The van der Waals surface area contributed by atoms with E-state index in [-0.39, 0.29) is 17.7 Å². The van der Waals surface area contributed by atoms with Crippen molar-refractivity contribution < 1.29 is 9.59 Å². The maximum atomic E-state index is 12.6. The van der Waals surface area contributed by atoms with Crippen LogP contribution in [0.15, 0.2) is 30.3 Å². The van der Waals surface area contributed by atoms with Crippen molar-refractivity contribution in [2.24, 2.45) is 11.8 Å². The molecule has 1 heterocycles. The largest absolute Gasteiger partial charge is 0.354 e. The van der Waals surface area contributed by atoms with Crippen LogP contribution in [-0.2, 0) is 4.79 Å². The van der Waals surface area contributed by atoms with Crippen LogP contribution in [0.25, 0.3) is 0 Å². The molecule has 0 saturated carbocycles. The number of rotatable bonds is 7. The first-order chi connectivity index (χ1) is 11.6. The molecule has 3 atom stereocenters. The SMILES string of the molecule is CCC(C)C(NC(=O)c1ccccc1)C(=O)NCC1CCCNC1. The third-order valence-corrected chi connectivity index (χ3v) is 4.78. The smallest absolute Gasteiger partial charge is 0.251 e. The van der Waals surface area contributed by atoms with E-state index in [1.165, 1.54) is 0 Å². The number of piperidine rings is 1. The highest BCUT2D eigenvalue weighted by Gasteiger charge is 2.26. The average molecular weight is 331 g/mol. The van der Waals surface area contributed by atoms with Crippen molar-refractivity contribution in [1.82, 2.24) is 16.0 Å². The third kappa shape index (κ3) is 5.34. The summed E-state index contributed by atoms with van der Waals surface area (Å²) >= 11 is 0. The first-order valence-corrected chi connectivity index (χ1v) is 8.96. The summed E-state index contributed by atoms with van der Waals surface area (Å²) in [6.07, 6.45) is 3.12. The quantitative estimate of drug-likeness (QED) is 0.715. The summed E-state index contributed by atoms with van der Waals surface area (Å²) in [5.74, 6) is 0.279. The van der Waals surface area contributed by atoms with E-state index in [9.17, 15) is 9.59 Å². The molecule has 1 saturated heterocycles. The average Bonchev–Trinajstić information content (AvgIpc) is 2.65. The Morgan fingerprint density at radius 1 is 1.29 bits per heavy atom. The summed E-state index contributed by atoms with van der Waals surface area (Å²) in [5.41, 5.74) is 0.579. The number of hydrogen-bond donors (Lipinski definition) is 3. The van der Waals surface area contributed by atoms with Crippen LogP contribution in [0.3, 0.4) is 0 Å². The molecule has 1 aliphatic heterocycles. The monoisotopic (exact) mass is 331 g/mol. The lowest BCUT2D eigenvalue weighted by Crippen LogP contribution is -2.51. The summed E-state index contributed by atoms with van der Waals surface area (Å²) in [6.45, 7) is 6.71. The Hall–Kier alpha value is -1.88. The van der Waals surface area contributed by atoms with Gasteiger partial charge in [0.15, 0.2) is 0 Å². The van der Waals surface area contributed by atoms with Crippen LogP contribution in [0.5, 0.6) is 0 Å². The van der Waals surface area contributed by atoms with Crippen molar-refractivity contribution in [1.29, 1.82) is 0 Å². The van der Waals surface area contributed by atoms with E-state index in [1.54, 1.807) is 12.1 Å². The van der Waals surface area contributed by atoms with Crippen LogP contribution in [0.4, 0.5) is 0 Å². The van der Waals surface area contributed by atoms with E-state index in [0.29, 0.717) is 18.0 Å². The van der Waals surface area contributed by atoms with Gasteiger partial charge in [-0.3, -0.25) is 9.59 Å². The summed E-state index contributed by atoms with van der Waals surface area (Å²) in [4.78, 5) is 25.0. The fraction of sp³-hybridized carbons (Fsp3) is 0.579. The van der Waals surface area contributed by atoms with Crippen LogP contribution in [0.2, 0.25) is 0 Å². The van der Waals surface area contributed by atoms with Crippen LogP contribution in [0, 0.1) is 11.8 Å². The Morgan fingerprint density at radius 3 is 2.67 bits per heavy atom. The van der Waals surface area contributed by atoms with Gasteiger partial charge in [-0.25, -0.2) is 0 Å². The summed E-state index contributed by atoms with van der Waals surface area (Å²) < 4.78 is 0. The Bertz CT molecular complexity index is 527. The molecule has 3 N–H and O–H groups in total. The van der Waals surface area contributed by atoms with Crippen LogP contribution >= 0.6 is 0 Å². The van der Waals surface area contributed by atoms with Gasteiger partial charge in [0.2, 0.25) is 5.91 Å². The molecule has 5 heteroatoms. The molecule has 0 spiro atoms. The van der Waals surface area contributed by atoms with Crippen LogP contribution < -0.4 is 16.0 Å². The lowest BCUT2D eigenvalue weighted by molar-refractivity contribution is -0.124. The van der Waals surface area contributed by atoms with Crippen molar-refractivity contribution in [3.63, 3.8) is 0 Å². The second-order valence-corrected chi connectivity index (χ2v) is 6.66. The highest BCUT2D eigenvalue weighted by atomic mass is 16.2. The second kappa shape index (κ2) is 9.42. The molecule has 0 aromatic heterocycles. The third-order valence-electron chi connectivity index (χ3n) is 4.78. The molecule has 5 nitrogen and oxygen atoms in total. The van der Waals surface area contributed by atoms with Crippen molar-refractivity contribution in [3.8, 4) is 0 Å². The second-order valence-electron chi connectivity index (χ2n) is 6.66. The summed E-state index contributed by atoms with van der Waals surface area (Å²) in [5, 5.41) is 9.29. The normalized spacial score (nSPS) is 20.0. The zero-order valence-corrected chi connectivity index (χ0v) is 14.7. The Balaban J connectivity index is 1.93. The maximum absolute atomic E-state index is 12.6. The van der Waals surface area contributed by atoms with Gasteiger partial charge in [0, 0.05) is 12.1 Å². The highest BCUT2D eigenvalue weighted by molar-refractivity contribution is 5.97. The molecule has 0 radical (unpaired) electrons. The first kappa shape index (κ1) is 18.5. The number of nitrogens with one attached hydrogen (secondary N) is 3. The minimum atomic E-state index is -0.501. The van der Waals surface area contributed by atoms with E-state index >= 15 is 0 Å². The maximum Gasteiger partial charge on any atom is 0.251 e. The Labute approximate surface area is 144 Å². The van der Waals surface area contributed by atoms with E-state index in [2.05, 4.69) is 16.0 Å². The highest BCUT2D eigenvalue weighted by Crippen LogP contribution is 2.12. The van der Waals surface area contributed by atoms with Gasteiger partial charge in [-0.05, 0) is 49.9 Å². The van der Waals surface area contributed by atoms with Gasteiger partial charge in [-0.1, -0.05) is 38.5 Å². The summed E-state index contributed by atoms with van der Waals surface area (Å²) in [6, 6.07) is 8.53.